The summed E-state index contributed by atoms with van der Waals surface area (Å²) in [6, 6.07) is 7.60. The van der Waals surface area contributed by atoms with Gasteiger partial charge in [0.25, 0.3) is 0 Å². The average molecular weight is 518 g/mol. The topological polar surface area (TPSA) is 80.2 Å². The normalized spacial score (nSPS) is 21.5. The number of aromatic nitrogens is 3. The lowest BCUT2D eigenvalue weighted by Gasteiger charge is -2.25. The highest BCUT2D eigenvalue weighted by Gasteiger charge is 2.57. The Kier molecular flexibility index (Phi) is 6.02. The van der Waals surface area contributed by atoms with Crippen LogP contribution < -0.4 is 10.2 Å². The number of ether oxygens (including phenoxy) is 1. The minimum absolute atomic E-state index is 0.115. The van der Waals surface area contributed by atoms with Gasteiger partial charge in [-0.25, -0.2) is 19.7 Å². The summed E-state index contributed by atoms with van der Waals surface area (Å²) >= 11 is 14.6. The minimum Gasteiger partial charge on any atom is -0.444 e. The van der Waals surface area contributed by atoms with E-state index < -0.39 is 5.60 Å². The number of amides is 1. The largest absolute Gasteiger partial charge is 0.444 e. The number of nitrogens with zero attached hydrogens (tertiary/aromatic N) is 4. The first kappa shape index (κ1) is 23.5. The Hall–Kier alpha value is -2.29. The maximum atomic E-state index is 12.2. The van der Waals surface area contributed by atoms with Crippen molar-refractivity contribution in [3.05, 3.63) is 40.5 Å². The van der Waals surface area contributed by atoms with Crippen molar-refractivity contribution in [1.82, 2.24) is 20.3 Å². The molecule has 2 aromatic heterocycles. The number of carbonyl (C=O) groups is 1. The molecule has 2 unspecified atom stereocenters. The minimum atomic E-state index is -0.518. The Morgan fingerprint density at radius 1 is 1.18 bits per heavy atom. The second-order valence-electron chi connectivity index (χ2n) is 9.63. The monoisotopic (exact) mass is 517 g/mol. The van der Waals surface area contributed by atoms with Gasteiger partial charge in [-0.05, 0) is 45.2 Å². The number of hydrogen-bond acceptors (Lipinski definition) is 7. The van der Waals surface area contributed by atoms with Crippen LogP contribution in [0.3, 0.4) is 0 Å². The van der Waals surface area contributed by atoms with Gasteiger partial charge < -0.3 is 15.0 Å². The van der Waals surface area contributed by atoms with Gasteiger partial charge in [-0.15, -0.1) is 0 Å². The fourth-order valence-electron chi connectivity index (χ4n) is 4.57. The van der Waals surface area contributed by atoms with E-state index in [0.29, 0.717) is 32.7 Å². The van der Waals surface area contributed by atoms with Crippen LogP contribution in [0.1, 0.15) is 20.8 Å². The van der Waals surface area contributed by atoms with Gasteiger partial charge in [0.05, 0.1) is 10.0 Å². The second-order valence-corrected chi connectivity index (χ2v) is 11.2. The van der Waals surface area contributed by atoms with E-state index >= 15 is 0 Å². The molecule has 178 valence electrons. The van der Waals surface area contributed by atoms with Crippen molar-refractivity contribution in [2.45, 2.75) is 37.6 Å². The summed E-state index contributed by atoms with van der Waals surface area (Å²) in [7, 11) is 0. The number of alkyl carbamates (subject to hydrolysis) is 1. The number of halogens is 2. The van der Waals surface area contributed by atoms with E-state index in [2.05, 4.69) is 20.2 Å². The molecule has 1 amide bonds. The van der Waals surface area contributed by atoms with Crippen molar-refractivity contribution in [2.24, 2.45) is 11.8 Å². The average Bonchev–Trinajstić information content (AvgIpc) is 3.19. The fraction of sp³-hybridized carbons (Fsp3) is 0.417. The zero-order valence-corrected chi connectivity index (χ0v) is 21.6. The van der Waals surface area contributed by atoms with Crippen molar-refractivity contribution < 1.29 is 9.53 Å². The van der Waals surface area contributed by atoms with Crippen LogP contribution in [-0.2, 0) is 4.74 Å². The molecular formula is C24H25Cl2N5O2S. The number of piperidine rings is 1. The van der Waals surface area contributed by atoms with Crippen LogP contribution in [0.15, 0.2) is 35.6 Å². The first-order valence-corrected chi connectivity index (χ1v) is 13.0. The molecule has 1 aliphatic heterocycles. The zero-order valence-electron chi connectivity index (χ0n) is 19.3. The highest BCUT2D eigenvalue weighted by molar-refractivity contribution is 7.98. The van der Waals surface area contributed by atoms with E-state index in [4.69, 9.17) is 32.9 Å². The molecule has 0 radical (unpaired) electrons. The summed E-state index contributed by atoms with van der Waals surface area (Å²) < 4.78 is 5.42. The maximum Gasteiger partial charge on any atom is 0.407 e. The first-order chi connectivity index (χ1) is 16.1. The third-order valence-corrected chi connectivity index (χ3v) is 7.31. The van der Waals surface area contributed by atoms with E-state index in [1.807, 2.05) is 51.3 Å². The van der Waals surface area contributed by atoms with Crippen molar-refractivity contribution >= 4 is 57.9 Å². The van der Waals surface area contributed by atoms with Crippen molar-refractivity contribution in [2.75, 3.05) is 24.2 Å². The highest BCUT2D eigenvalue weighted by Crippen LogP contribution is 2.49. The lowest BCUT2D eigenvalue weighted by atomic mass is 10.0. The molecule has 2 fully saturated rings. The Morgan fingerprint density at radius 3 is 2.47 bits per heavy atom. The van der Waals surface area contributed by atoms with Gasteiger partial charge >= 0.3 is 6.09 Å². The number of nitrogens with one attached hydrogen (secondary N) is 1. The van der Waals surface area contributed by atoms with Gasteiger partial charge in [0.2, 0.25) is 0 Å². The van der Waals surface area contributed by atoms with Crippen LogP contribution in [0.25, 0.3) is 22.2 Å². The number of fused-ring (bicyclic) bond motifs is 2. The molecule has 3 heterocycles. The number of hydrogen-bond donors (Lipinski definition) is 1. The summed E-state index contributed by atoms with van der Waals surface area (Å²) in [5.41, 5.74) is 1.70. The molecule has 2 atom stereocenters. The van der Waals surface area contributed by atoms with Crippen LogP contribution in [0.2, 0.25) is 10.0 Å². The van der Waals surface area contributed by atoms with Crippen LogP contribution in [0.5, 0.6) is 0 Å². The predicted molar refractivity (Wildman–Crippen MR) is 137 cm³/mol. The predicted octanol–water partition coefficient (Wildman–Crippen LogP) is 5.68. The van der Waals surface area contributed by atoms with Gasteiger partial charge in [0, 0.05) is 53.7 Å². The smallest absolute Gasteiger partial charge is 0.407 e. The van der Waals surface area contributed by atoms with E-state index in [1.165, 1.54) is 11.8 Å². The van der Waals surface area contributed by atoms with E-state index in [9.17, 15) is 4.79 Å². The molecule has 1 aromatic carbocycles. The first-order valence-electron chi connectivity index (χ1n) is 11.1. The van der Waals surface area contributed by atoms with Crippen molar-refractivity contribution in [3.8, 4) is 11.1 Å². The SMILES string of the molecule is CSc1ncc2cc(-c3c(Cl)cccc3Cl)c(N3CC4C(C3)C4NC(=O)OC(C)(C)C)nc2n1. The molecule has 34 heavy (non-hydrogen) atoms. The van der Waals surface area contributed by atoms with Gasteiger partial charge in [0.15, 0.2) is 10.8 Å². The van der Waals surface area contributed by atoms with Crippen LogP contribution in [-0.4, -0.2) is 52.0 Å². The van der Waals surface area contributed by atoms with Gasteiger partial charge in [-0.1, -0.05) is 41.0 Å². The number of rotatable bonds is 4. The van der Waals surface area contributed by atoms with E-state index in [1.54, 1.807) is 6.20 Å². The molecule has 0 bridgehead atoms. The number of carbonyl (C=O) groups excluding carboxylic acids is 1. The summed E-state index contributed by atoms with van der Waals surface area (Å²) in [5, 5.41) is 5.63. The van der Waals surface area contributed by atoms with Crippen LogP contribution >= 0.6 is 35.0 Å². The standard InChI is InChI=1S/C24H25Cl2N5O2S/c1-24(2,3)33-23(32)28-19-14-10-31(11-15(14)19)21-13(18-16(25)6-5-7-17(18)26)8-12-9-27-22(34-4)30-20(12)29-21/h5-9,14-15,19H,10-11H2,1-4H3,(H,28,32). The fourth-order valence-corrected chi connectivity index (χ4v) is 5.51. The number of anilines is 1. The zero-order chi connectivity index (χ0) is 24.2. The summed E-state index contributed by atoms with van der Waals surface area (Å²) in [5.74, 6) is 1.47. The van der Waals surface area contributed by atoms with Crippen molar-refractivity contribution in [3.63, 3.8) is 0 Å². The van der Waals surface area contributed by atoms with Crippen LogP contribution in [0.4, 0.5) is 10.6 Å². The molecular weight excluding hydrogens is 493 g/mol. The Bertz CT molecular complexity index is 1250. The van der Waals surface area contributed by atoms with Crippen LogP contribution in [0, 0.1) is 11.8 Å². The Labute approximate surface area is 212 Å². The van der Waals surface area contributed by atoms with E-state index in [-0.39, 0.29) is 12.1 Å². The van der Waals surface area contributed by atoms with Gasteiger partial charge in [-0.3, -0.25) is 0 Å². The molecule has 2 aliphatic rings. The number of pyridine rings is 1. The van der Waals surface area contributed by atoms with E-state index in [0.717, 1.165) is 35.4 Å². The molecule has 0 spiro atoms. The maximum absolute atomic E-state index is 12.2. The molecule has 1 N–H and O–H groups in total. The second kappa shape index (κ2) is 8.73. The molecule has 1 saturated carbocycles. The quantitative estimate of drug-likeness (QED) is 0.352. The Balaban J connectivity index is 1.46. The molecule has 5 rings (SSSR count). The lowest BCUT2D eigenvalue weighted by molar-refractivity contribution is 0.0518. The highest BCUT2D eigenvalue weighted by atomic mass is 35.5. The number of benzene rings is 1. The number of thioether (sulfide) groups is 1. The molecule has 10 heteroatoms. The lowest BCUT2D eigenvalue weighted by Crippen LogP contribution is -2.38. The molecule has 1 saturated heterocycles. The summed E-state index contributed by atoms with van der Waals surface area (Å²) in [6.07, 6.45) is 3.35. The van der Waals surface area contributed by atoms with Gasteiger partial charge in [-0.2, -0.15) is 0 Å². The summed E-state index contributed by atoms with van der Waals surface area (Å²) in [4.78, 5) is 28.4. The Morgan fingerprint density at radius 2 is 1.85 bits per heavy atom. The summed E-state index contributed by atoms with van der Waals surface area (Å²) in [6.45, 7) is 7.11. The van der Waals surface area contributed by atoms with Gasteiger partial charge in [0.1, 0.15) is 11.4 Å². The van der Waals surface area contributed by atoms with Crippen molar-refractivity contribution in [1.29, 1.82) is 0 Å². The third kappa shape index (κ3) is 4.51. The molecule has 7 nitrogen and oxygen atoms in total. The molecule has 1 aliphatic carbocycles. The molecule has 3 aromatic rings. The third-order valence-electron chi connectivity index (χ3n) is 6.12.